The highest BCUT2D eigenvalue weighted by molar-refractivity contribution is 7.90. The molecule has 23 nitrogen and oxygen atoms in total. The second-order valence-electron chi connectivity index (χ2n) is 27.6. The normalized spacial score (nSPS) is 10.7. The zero-order chi connectivity index (χ0) is 79.8. The predicted molar refractivity (Wildman–Crippen MR) is 473 cm³/mol. The van der Waals surface area contributed by atoms with Crippen LogP contribution < -0.4 is 23.7 Å². The Bertz CT molecular complexity index is 5240. The lowest BCUT2D eigenvalue weighted by atomic mass is 9.99. The van der Waals surface area contributed by atoms with Gasteiger partial charge in [0.1, 0.15) is 34.5 Å². The molecule has 0 saturated carbocycles. The van der Waals surface area contributed by atoms with Gasteiger partial charge in [-0.15, -0.1) is 0 Å². The first-order valence-electron chi connectivity index (χ1n) is 36.8. The van der Waals surface area contributed by atoms with Crippen molar-refractivity contribution in [3.63, 3.8) is 0 Å². The van der Waals surface area contributed by atoms with Gasteiger partial charge in [0, 0.05) is 116 Å². The molecular formula is C92H127N7O16S. The molecule has 8 N–H and O–H groups in total. The van der Waals surface area contributed by atoms with Gasteiger partial charge in [0.05, 0.1) is 54.1 Å². The van der Waals surface area contributed by atoms with E-state index in [9.17, 15) is 27.6 Å². The summed E-state index contributed by atoms with van der Waals surface area (Å²) in [6, 6.07) is 46.4. The van der Waals surface area contributed by atoms with E-state index in [0.29, 0.717) is 34.4 Å². The lowest BCUT2D eigenvalue weighted by Crippen LogP contribution is -2.30. The summed E-state index contributed by atoms with van der Waals surface area (Å²) in [5.41, 5.74) is 9.60. The number of aromatic nitrogens is 6. The number of phenols is 1. The Morgan fingerprint density at radius 3 is 1.23 bits per heavy atom. The Labute approximate surface area is 686 Å². The SMILES string of the molecule is C.C.C.C.C.C.CC(C)Oc1ccc2[nH]cc(CCC(=O)O)c2c1.CC(C)Oc1ccc2[nH]cc(CN(C)C)c2c1.CC(C)Oc1ccc2[nH]ccc2c1.CC(C)Oc1ccc2c(c1)c(CCC(=O)O)cn2S(=O)(=O)c1ccccc1.CCOC(=O)C(Cc1c[nH]c2ccc(OC(C)C)cc12)C(=O)OCC.Oc1ccc2[nH]ccc2c1. The fourth-order valence-electron chi connectivity index (χ4n) is 11.9. The number of aromatic amines is 5. The predicted octanol–water partition coefficient (Wildman–Crippen LogP) is 21.6. The molecule has 0 atom stereocenters. The summed E-state index contributed by atoms with van der Waals surface area (Å²) >= 11 is 0. The van der Waals surface area contributed by atoms with Crippen LogP contribution in [-0.4, -0.2) is 139 Å². The number of carbonyl (C=O) groups is 4. The summed E-state index contributed by atoms with van der Waals surface area (Å²) in [6.07, 6.45) is 12.7. The summed E-state index contributed by atoms with van der Waals surface area (Å²) in [6.45, 7) is 24.6. The van der Waals surface area contributed by atoms with E-state index in [1.165, 1.54) is 38.6 Å². The van der Waals surface area contributed by atoms with Crippen LogP contribution in [-0.2, 0) is 64.5 Å². The highest BCUT2D eigenvalue weighted by atomic mass is 32.2. The van der Waals surface area contributed by atoms with Gasteiger partial charge in [-0.05, 0) is 272 Å². The first-order chi connectivity index (χ1) is 52.5. The van der Waals surface area contributed by atoms with Crippen molar-refractivity contribution >= 4 is 99.3 Å². The number of fused-ring (bicyclic) bond motifs is 6. The molecule has 6 heterocycles. The van der Waals surface area contributed by atoms with Gasteiger partial charge in [-0.3, -0.25) is 19.2 Å². The minimum atomic E-state index is -3.79. The van der Waals surface area contributed by atoms with E-state index in [1.807, 2.05) is 167 Å². The van der Waals surface area contributed by atoms with E-state index in [0.717, 1.165) is 84.4 Å². The average Bonchev–Trinajstić information content (AvgIpc) is 1.59. The molecule has 13 rings (SSSR count). The van der Waals surface area contributed by atoms with Gasteiger partial charge in [0.25, 0.3) is 10.0 Å². The van der Waals surface area contributed by atoms with Crippen molar-refractivity contribution in [1.29, 1.82) is 0 Å². The highest BCUT2D eigenvalue weighted by Gasteiger charge is 2.31. The zero-order valence-electron chi connectivity index (χ0n) is 65.0. The van der Waals surface area contributed by atoms with Crippen LogP contribution >= 0.6 is 0 Å². The summed E-state index contributed by atoms with van der Waals surface area (Å²) in [4.78, 5) is 64.1. The number of carbonyl (C=O) groups excluding carboxylic acids is 2. The van der Waals surface area contributed by atoms with E-state index < -0.39 is 39.8 Å². The Hall–Kier alpha value is -11.6. The molecule has 0 saturated heterocycles. The van der Waals surface area contributed by atoms with E-state index >= 15 is 0 Å². The number of H-pyrrole nitrogens is 5. The maximum atomic E-state index is 13.1. The average molecular weight is 1620 g/mol. The van der Waals surface area contributed by atoms with Crippen LogP contribution in [0.4, 0.5) is 0 Å². The van der Waals surface area contributed by atoms with Crippen molar-refractivity contribution in [2.24, 2.45) is 5.92 Å². The van der Waals surface area contributed by atoms with Gasteiger partial charge in [-0.2, -0.15) is 0 Å². The molecule has 0 amide bonds. The fraction of sp³-hybridized carbons (Fsp3) is 0.370. The third kappa shape index (κ3) is 29.3. The highest BCUT2D eigenvalue weighted by Crippen LogP contribution is 2.33. The van der Waals surface area contributed by atoms with Gasteiger partial charge in [-0.25, -0.2) is 12.4 Å². The number of carboxylic acids is 2. The third-order valence-corrected chi connectivity index (χ3v) is 18.2. The first kappa shape index (κ1) is 100. The van der Waals surface area contributed by atoms with Gasteiger partial charge in [-0.1, -0.05) is 62.8 Å². The second kappa shape index (κ2) is 47.9. The van der Waals surface area contributed by atoms with Gasteiger partial charge >= 0.3 is 23.9 Å². The van der Waals surface area contributed by atoms with Crippen molar-refractivity contribution in [2.45, 2.75) is 202 Å². The van der Waals surface area contributed by atoms with Crippen molar-refractivity contribution in [3.8, 4) is 34.5 Å². The van der Waals surface area contributed by atoms with Crippen molar-refractivity contribution in [2.75, 3.05) is 27.3 Å². The topological polar surface area (TPSA) is 315 Å². The summed E-state index contributed by atoms with van der Waals surface area (Å²) in [7, 11) is 0.363. The number of rotatable bonds is 26. The molecule has 116 heavy (non-hydrogen) atoms. The van der Waals surface area contributed by atoms with Gasteiger partial charge in [0.15, 0.2) is 5.92 Å². The summed E-state index contributed by atoms with van der Waals surface area (Å²) < 4.78 is 65.8. The largest absolute Gasteiger partial charge is 0.508 e. The quantitative estimate of drug-likeness (QED) is 0.0184. The number of aromatic hydroxyl groups is 1. The third-order valence-electron chi connectivity index (χ3n) is 16.5. The van der Waals surface area contributed by atoms with Crippen LogP contribution in [0.1, 0.15) is 163 Å². The number of carboxylic acid groups (broad SMARTS) is 2. The Balaban J connectivity index is 0.000000479. The molecule has 0 radical (unpaired) electrons. The molecule has 632 valence electrons. The lowest BCUT2D eigenvalue weighted by molar-refractivity contribution is -0.161. The number of nitrogens with one attached hydrogen (secondary N) is 5. The van der Waals surface area contributed by atoms with E-state index in [2.05, 4.69) is 62.2 Å². The number of aliphatic carboxylic acids is 2. The molecular weight excluding hydrogens is 1490 g/mol. The summed E-state index contributed by atoms with van der Waals surface area (Å²) in [5, 5.41) is 32.9. The minimum Gasteiger partial charge on any atom is -0.508 e. The van der Waals surface area contributed by atoms with Crippen molar-refractivity contribution in [3.05, 3.63) is 211 Å². The fourth-order valence-corrected chi connectivity index (χ4v) is 13.3. The molecule has 0 spiro atoms. The molecule has 0 aliphatic heterocycles. The number of hydrogen-bond donors (Lipinski definition) is 8. The Morgan fingerprint density at radius 2 is 0.802 bits per heavy atom. The molecule has 0 aliphatic rings. The van der Waals surface area contributed by atoms with E-state index in [-0.39, 0.29) is 119 Å². The zero-order valence-corrected chi connectivity index (χ0v) is 65.8. The van der Waals surface area contributed by atoms with Gasteiger partial charge in [0.2, 0.25) is 0 Å². The van der Waals surface area contributed by atoms with Crippen molar-refractivity contribution < 1.29 is 76.1 Å². The number of nitrogens with zero attached hydrogens (tertiary/aromatic N) is 2. The Kier molecular flexibility index (Phi) is 41.5. The van der Waals surface area contributed by atoms with Crippen molar-refractivity contribution in [1.82, 2.24) is 33.8 Å². The number of aryl methyl sites for hydroxylation is 2. The molecule has 0 fully saturated rings. The van der Waals surface area contributed by atoms with Crippen LogP contribution in [0.15, 0.2) is 194 Å². The maximum Gasteiger partial charge on any atom is 0.320 e. The molecule has 13 aromatic rings. The Morgan fingerprint density at radius 1 is 0.431 bits per heavy atom. The molecule has 7 aromatic carbocycles. The van der Waals surface area contributed by atoms with E-state index in [1.54, 1.807) is 68.6 Å². The van der Waals surface area contributed by atoms with Crippen LogP contribution in [0, 0.1) is 5.92 Å². The monoisotopic (exact) mass is 1620 g/mol. The number of ether oxygens (including phenoxy) is 7. The van der Waals surface area contributed by atoms with Gasteiger partial charge < -0.3 is 78.3 Å². The standard InChI is InChI=1S/C20H21NO5S.C19H25NO5.C14H20N2O.C14H17NO3.C11H13NO.C8H7NO.6CH4/c1-14(2)26-16-9-10-19-18(12-16)15(8-11-20(22)23)13-21(19)27(24,25)17-6-4-3-5-7-17;1-5-23-18(21)16(19(22)24-6-2)9-13-11-20-17-8-7-14(10-15(13)17)25-12(3)4;1-10(2)17-12-5-6-14-13(7-12)11(8-15-14)9-16(3)4;1-9(2)18-11-4-5-13-12(7-11)10(8-15-13)3-6-14(16)17;1-8(2)13-10-3-4-11-9(7-10)5-6-12-11;10-7-1-2-8-6(5-7)3-4-9-8;;;;;;/h3-7,9-10,12-14H,8,11H2,1-2H3,(H,22,23);7-8,10-12,16,20H,5-6,9H2,1-4H3;5-8,10,15H,9H2,1-4H3;4-5,7-9,15H,3,6H2,1-2H3,(H,16,17);3-8,12H,1-2H3;1-5,9-10H;6*1H4. The number of hydrogen-bond acceptors (Lipinski definition) is 15. The van der Waals surface area contributed by atoms with Crippen LogP contribution in [0.5, 0.6) is 34.5 Å². The second-order valence-corrected chi connectivity index (χ2v) is 29.4. The van der Waals surface area contributed by atoms with Crippen LogP contribution in [0.2, 0.25) is 0 Å². The molecule has 24 heteroatoms. The smallest absolute Gasteiger partial charge is 0.320 e. The molecule has 0 bridgehead atoms. The van der Waals surface area contributed by atoms with Crippen LogP contribution in [0.3, 0.4) is 0 Å². The molecule has 0 aliphatic carbocycles. The first-order valence-corrected chi connectivity index (χ1v) is 38.3. The number of esters is 2. The summed E-state index contributed by atoms with van der Waals surface area (Å²) in [5.74, 6) is 0.532. The maximum absolute atomic E-state index is 13.1. The van der Waals surface area contributed by atoms with E-state index in [4.69, 9.17) is 48.5 Å². The number of benzene rings is 7. The number of phenolic OH excluding ortho intramolecular Hbond substituents is 1. The minimum absolute atomic E-state index is 0. The molecule has 0 unspecified atom stereocenters. The van der Waals surface area contributed by atoms with Crippen LogP contribution in [0.25, 0.3) is 65.4 Å². The molecule has 6 aromatic heterocycles. The lowest BCUT2D eigenvalue weighted by Gasteiger charge is -2.14.